The van der Waals surface area contributed by atoms with Gasteiger partial charge in [-0.05, 0) is 113 Å². The third kappa shape index (κ3) is 20.2. The van der Waals surface area contributed by atoms with Gasteiger partial charge in [0.25, 0.3) is 0 Å². The zero-order valence-corrected chi connectivity index (χ0v) is 71.4. The Morgan fingerprint density at radius 1 is 0.500 bits per heavy atom. The number of nitrogens with zero attached hydrogens (tertiary/aromatic N) is 8. The van der Waals surface area contributed by atoms with Crippen LogP contribution in [0.5, 0.6) is 0 Å². The number of rotatable bonds is 28. The quantitative estimate of drug-likeness (QED) is 0.00418. The molecule has 11 atom stereocenters. The van der Waals surface area contributed by atoms with Gasteiger partial charge in [-0.3, -0.25) is 24.6 Å². The Balaban J connectivity index is 0.000000229. The number of benzene rings is 4. The van der Waals surface area contributed by atoms with Crippen LogP contribution in [0.15, 0.2) is 109 Å². The Hall–Kier alpha value is -9.53. The number of H-pyrrole nitrogens is 4. The minimum Gasteiger partial charge on any atom is -0.453 e. The van der Waals surface area contributed by atoms with E-state index in [2.05, 4.69) is 107 Å². The van der Waals surface area contributed by atoms with Crippen molar-refractivity contribution in [1.29, 1.82) is 5.41 Å². The van der Waals surface area contributed by atoms with E-state index in [4.69, 9.17) is 62.7 Å². The molecule has 0 spiro atoms. The molecule has 7 amide bonds. The second kappa shape index (κ2) is 39.6. The van der Waals surface area contributed by atoms with Crippen molar-refractivity contribution in [3.05, 3.63) is 143 Å². The fraction of sp³-hybridized carbons (Fsp3) is 0.470. The van der Waals surface area contributed by atoms with E-state index < -0.39 is 42.3 Å². The van der Waals surface area contributed by atoms with Crippen LogP contribution in [0.4, 0.5) is 14.4 Å². The van der Waals surface area contributed by atoms with E-state index in [1.165, 1.54) is 21.3 Å². The Labute approximate surface area is 700 Å². The van der Waals surface area contributed by atoms with Crippen LogP contribution in [0.1, 0.15) is 135 Å². The molecule has 620 valence electrons. The van der Waals surface area contributed by atoms with E-state index in [0.29, 0.717) is 84.5 Å². The SMILES string of the molecule is COC(=O)N[C@H](C(=O)N1CCC[C@H]1c1ncc(-c2ccc(-c3ccc(-c4cnc([C@@H]5C[C@H](SC)CN5C(=O)[C@@H](NC(=O)OC)C(C)C)[nH]4)cc3)cc2)[nH]1)C(C)C.COC(=O)N[C@H](C(=O)N1C[C@@H](SC)C[C@H]1c1nc(-c2ccc(-c3ccc(-c4nc([C@@H]5C[C@H](CS)CN5C(=O)[C@@H](COOC=N)C(C)C)[nH]c4Cl)cc3)cc2)c(Cl)[nH]1)C(C)C. The minimum absolute atomic E-state index is 0.0217. The maximum atomic E-state index is 13.9. The molecule has 8 aromatic rings. The molecule has 0 saturated carbocycles. The molecule has 4 aliphatic rings. The first-order chi connectivity index (χ1) is 55.7. The highest BCUT2D eigenvalue weighted by Gasteiger charge is 2.46. The smallest absolute Gasteiger partial charge is 0.407 e. The lowest BCUT2D eigenvalue weighted by Gasteiger charge is -2.30. The van der Waals surface area contributed by atoms with E-state index >= 15 is 0 Å². The van der Waals surface area contributed by atoms with E-state index in [0.717, 1.165) is 86.8 Å². The van der Waals surface area contributed by atoms with Crippen molar-refractivity contribution in [2.45, 2.75) is 140 Å². The van der Waals surface area contributed by atoms with Crippen molar-refractivity contribution >= 4 is 108 Å². The van der Waals surface area contributed by atoms with Crippen LogP contribution >= 0.6 is 59.4 Å². The number of halogens is 2. The molecule has 8 heterocycles. The maximum absolute atomic E-state index is 13.9. The summed E-state index contributed by atoms with van der Waals surface area (Å²) in [6.45, 7) is 17.5. The third-order valence-electron chi connectivity index (χ3n) is 22.1. The lowest BCUT2D eigenvalue weighted by atomic mass is 9.95. The number of amides is 7. The van der Waals surface area contributed by atoms with Gasteiger partial charge < -0.3 is 74.6 Å². The maximum Gasteiger partial charge on any atom is 0.407 e. The number of hydrogen-bond donors (Lipinski definition) is 9. The Morgan fingerprint density at radius 2 is 0.862 bits per heavy atom. The van der Waals surface area contributed by atoms with Crippen molar-refractivity contribution in [1.82, 2.24) is 75.4 Å². The first-order valence-corrected chi connectivity index (χ1v) is 42.9. The summed E-state index contributed by atoms with van der Waals surface area (Å²) in [4.78, 5) is 141. The highest BCUT2D eigenvalue weighted by molar-refractivity contribution is 7.99. The fourth-order valence-corrected chi connectivity index (χ4v) is 17.6. The van der Waals surface area contributed by atoms with E-state index in [1.54, 1.807) is 39.5 Å². The molecular weight excluding hydrogens is 1580 g/mol. The number of methoxy groups -OCH3 is 3. The van der Waals surface area contributed by atoms with Gasteiger partial charge >= 0.3 is 18.3 Å². The average molecular weight is 1680 g/mol. The summed E-state index contributed by atoms with van der Waals surface area (Å²) in [6.07, 6.45) is 10.2. The van der Waals surface area contributed by atoms with Crippen molar-refractivity contribution in [2.75, 3.05) is 72.4 Å². The predicted molar refractivity (Wildman–Crippen MR) is 454 cm³/mol. The molecule has 0 unspecified atom stereocenters. The Morgan fingerprint density at radius 3 is 1.23 bits per heavy atom. The van der Waals surface area contributed by atoms with Crippen LogP contribution < -0.4 is 16.0 Å². The largest absolute Gasteiger partial charge is 0.453 e. The molecule has 4 fully saturated rings. The van der Waals surface area contributed by atoms with E-state index in [-0.39, 0.29) is 94.5 Å². The molecule has 0 aliphatic carbocycles. The molecule has 0 bridgehead atoms. The number of alkyl carbamates (subject to hydrolysis) is 3. The number of imidazole rings is 4. The summed E-state index contributed by atoms with van der Waals surface area (Å²) in [6, 6.07) is 29.1. The lowest BCUT2D eigenvalue weighted by Crippen LogP contribution is -2.51. The molecule has 33 heteroatoms. The molecule has 4 aliphatic heterocycles. The van der Waals surface area contributed by atoms with E-state index in [9.17, 15) is 33.6 Å². The van der Waals surface area contributed by atoms with Gasteiger partial charge in [-0.15, -0.1) is 0 Å². The van der Waals surface area contributed by atoms with Gasteiger partial charge in [-0.2, -0.15) is 41.0 Å². The number of thiol groups is 1. The zero-order chi connectivity index (χ0) is 83.3. The van der Waals surface area contributed by atoms with Crippen molar-refractivity contribution in [3.63, 3.8) is 0 Å². The molecule has 8 N–H and O–H groups in total. The zero-order valence-electron chi connectivity index (χ0n) is 67.4. The predicted octanol–water partition coefficient (Wildman–Crippen LogP) is 15.0. The summed E-state index contributed by atoms with van der Waals surface area (Å²) >= 11 is 21.5. The monoisotopic (exact) mass is 1680 g/mol. The molecule has 12 rings (SSSR count). The van der Waals surface area contributed by atoms with Gasteiger partial charge in [0, 0.05) is 47.8 Å². The highest BCUT2D eigenvalue weighted by atomic mass is 35.5. The van der Waals surface area contributed by atoms with Crippen LogP contribution in [-0.4, -0.2) is 209 Å². The van der Waals surface area contributed by atoms with Crippen molar-refractivity contribution < 1.29 is 57.5 Å². The molecule has 4 aromatic carbocycles. The second-order valence-electron chi connectivity index (χ2n) is 30.8. The van der Waals surface area contributed by atoms with Gasteiger partial charge in [0.15, 0.2) is 0 Å². The Bertz CT molecular complexity index is 4710. The summed E-state index contributed by atoms with van der Waals surface area (Å²) in [5.74, 6) is 2.01. The number of ether oxygens (including phenoxy) is 3. The van der Waals surface area contributed by atoms with Crippen molar-refractivity contribution in [2.24, 2.45) is 35.5 Å². The van der Waals surface area contributed by atoms with Crippen molar-refractivity contribution in [3.8, 4) is 67.3 Å². The summed E-state index contributed by atoms with van der Waals surface area (Å²) in [7, 11) is 3.86. The normalized spacial score (nSPS) is 19.7. The standard InChI is InChI=1S/C42H52Cl2N8O6S2.C41H52N8O6S/c1-22(2)30(19-57-58-21-45)40(53)51-17-24(20-59)15-31(51)38-46-34(36(43)49-38)27-11-7-25(8-12-27)26-9-13-28(14-10-26)35-37(44)50-39(47-35)32-16-29(60-6)18-52(32)41(54)33(23(3)4)48-42(55)56-5;1-23(2)34(46-40(52)54-5)38(50)48-18-8-9-32(48)36-42-20-30(44-36)27-14-10-25(11-15-27)26-12-16-28(17-13-26)31-21-43-37(45-31)33-19-29(56-7)22-49(33)39(51)35(24(3)4)47-41(53)55-6/h7-14,21-24,29-33,45,59H,15-20H2,1-6H3,(H,46,49)(H,47,50)(H,48,55);10-17,20-21,23-24,29,32-35H,8-9,18-19,22H2,1-7H3,(H,42,44)(H,43,45)(H,46,52)(H,47,53)/t24-,29-,30-,31-,32-,33-;29-,32-,33-,34-,35-/m00/s1. The first-order valence-electron chi connectivity index (χ1n) is 38.9. The van der Waals surface area contributed by atoms with Crippen LogP contribution in [0.25, 0.3) is 67.3 Å². The van der Waals surface area contributed by atoms with Crippen LogP contribution in [0.2, 0.25) is 10.3 Å². The van der Waals surface area contributed by atoms with Gasteiger partial charge in [0.05, 0.1) is 75.2 Å². The van der Waals surface area contributed by atoms with Crippen LogP contribution in [0.3, 0.4) is 0 Å². The summed E-state index contributed by atoms with van der Waals surface area (Å²) in [5.41, 5.74) is 10.5. The van der Waals surface area contributed by atoms with Crippen LogP contribution in [0, 0.1) is 40.9 Å². The van der Waals surface area contributed by atoms with E-state index in [1.807, 2.05) is 132 Å². The topological polar surface area (TPSA) is 353 Å². The van der Waals surface area contributed by atoms with Gasteiger partial charge in [-0.1, -0.05) is 176 Å². The van der Waals surface area contributed by atoms with Crippen LogP contribution in [-0.2, 0) is 43.2 Å². The third-order valence-corrected chi connectivity index (χ3v) is 25.1. The lowest BCUT2D eigenvalue weighted by molar-refractivity contribution is -0.229. The second-order valence-corrected chi connectivity index (χ2v) is 34.2. The molecule has 0 radical (unpaired) electrons. The molecule has 116 heavy (non-hydrogen) atoms. The minimum atomic E-state index is -0.753. The number of likely N-dealkylation sites (tertiary alicyclic amines) is 4. The number of aromatic amines is 4. The summed E-state index contributed by atoms with van der Waals surface area (Å²) < 4.78 is 14.3. The number of aromatic nitrogens is 8. The number of carbonyl (C=O) groups excluding carboxylic acids is 7. The number of thioether (sulfide) groups is 2. The molecule has 4 aromatic heterocycles. The summed E-state index contributed by atoms with van der Waals surface area (Å²) in [5, 5.41) is 16.4. The van der Waals surface area contributed by atoms with Gasteiger partial charge in [-0.25, -0.2) is 34.3 Å². The first kappa shape index (κ1) is 87.3. The fourth-order valence-electron chi connectivity index (χ4n) is 15.4. The van der Waals surface area contributed by atoms with Gasteiger partial charge in [0.2, 0.25) is 30.0 Å². The number of hydrogen-bond acceptors (Lipinski definition) is 20. The number of carbonyl (C=O) groups is 7. The Kier molecular flexibility index (Phi) is 29.8. The van der Waals surface area contributed by atoms with Gasteiger partial charge in [0.1, 0.15) is 69.7 Å². The average Bonchev–Trinajstić information content (AvgIpc) is 1.64. The molecular formula is C83H104Cl2N16O12S3. The number of nitrogens with one attached hydrogen (secondary N) is 8. The highest BCUT2D eigenvalue weighted by Crippen LogP contribution is 2.44. The molecule has 28 nitrogen and oxygen atoms in total. The molecule has 4 saturated heterocycles.